The van der Waals surface area contributed by atoms with E-state index >= 15 is 0 Å². The van der Waals surface area contributed by atoms with Gasteiger partial charge in [-0.05, 0) is 53.4 Å². The normalized spacial score (nSPS) is 13.3. The number of halogens is 1. The number of fused-ring (bicyclic) bond motifs is 1. The van der Waals surface area contributed by atoms with Crippen molar-refractivity contribution in [3.8, 4) is 16.2 Å². The van der Waals surface area contributed by atoms with Crippen molar-refractivity contribution in [2.24, 2.45) is 0 Å². The van der Waals surface area contributed by atoms with E-state index in [0.29, 0.717) is 34.1 Å². The SMILES string of the molecule is COc1cccc(-c2sc(Br)nc2C(=O)N(CCNC(=O)c2c(C)nc3sccn23)C2CC2)c1. The molecule has 1 aromatic carbocycles. The van der Waals surface area contributed by atoms with Gasteiger partial charge in [0, 0.05) is 30.7 Å². The summed E-state index contributed by atoms with van der Waals surface area (Å²) in [4.78, 5) is 38.8. The molecular formula is C23H22BrN5O3S2. The van der Waals surface area contributed by atoms with Crippen LogP contribution in [0.4, 0.5) is 0 Å². The standard InChI is InChI=1S/C23H22BrN5O3S2/c1-13-18(29-10-11-33-23(29)26-13)20(30)25-8-9-28(15-6-7-15)21(31)17-19(34-22(24)27-17)14-4-3-5-16(12-14)32-2/h3-5,10-12,15H,6-9H2,1-2H3,(H,25,30). The summed E-state index contributed by atoms with van der Waals surface area (Å²) >= 11 is 6.35. The van der Waals surface area contributed by atoms with Gasteiger partial charge in [-0.3, -0.25) is 14.0 Å². The minimum atomic E-state index is -0.194. The summed E-state index contributed by atoms with van der Waals surface area (Å²) in [5.74, 6) is 0.398. The summed E-state index contributed by atoms with van der Waals surface area (Å²) in [6.07, 6.45) is 3.75. The fraction of sp³-hybridized carbons (Fsp3) is 0.304. The minimum Gasteiger partial charge on any atom is -0.497 e. The highest BCUT2D eigenvalue weighted by Gasteiger charge is 2.35. The number of carbonyl (C=O) groups excluding carboxylic acids is 2. The van der Waals surface area contributed by atoms with E-state index in [-0.39, 0.29) is 17.9 Å². The molecule has 0 spiro atoms. The molecule has 5 rings (SSSR count). The first-order valence-corrected chi connectivity index (χ1v) is 13.3. The zero-order valence-corrected chi connectivity index (χ0v) is 21.8. The number of aromatic nitrogens is 3. The maximum Gasteiger partial charge on any atom is 0.274 e. The third kappa shape index (κ3) is 4.47. The number of nitrogens with one attached hydrogen (secondary N) is 1. The first kappa shape index (κ1) is 23.0. The fourth-order valence-corrected chi connectivity index (χ4v) is 6.11. The molecule has 11 heteroatoms. The predicted octanol–water partition coefficient (Wildman–Crippen LogP) is 4.63. The molecule has 34 heavy (non-hydrogen) atoms. The molecule has 2 amide bonds. The maximum atomic E-state index is 13.6. The van der Waals surface area contributed by atoms with E-state index in [4.69, 9.17) is 4.74 Å². The van der Waals surface area contributed by atoms with Crippen LogP contribution in [0, 0.1) is 6.92 Å². The van der Waals surface area contributed by atoms with Crippen molar-refractivity contribution in [3.63, 3.8) is 0 Å². The van der Waals surface area contributed by atoms with E-state index in [0.717, 1.165) is 34.0 Å². The number of rotatable bonds is 8. The summed E-state index contributed by atoms with van der Waals surface area (Å²) in [5.41, 5.74) is 2.51. The van der Waals surface area contributed by atoms with Gasteiger partial charge in [0.05, 0.1) is 17.7 Å². The first-order valence-electron chi connectivity index (χ1n) is 10.8. The quantitative estimate of drug-likeness (QED) is 0.340. The van der Waals surface area contributed by atoms with Gasteiger partial charge in [-0.25, -0.2) is 9.97 Å². The van der Waals surface area contributed by atoms with E-state index in [1.54, 1.807) is 11.5 Å². The molecule has 0 aliphatic heterocycles. The number of methoxy groups -OCH3 is 1. The van der Waals surface area contributed by atoms with Crippen molar-refractivity contribution in [2.45, 2.75) is 25.8 Å². The van der Waals surface area contributed by atoms with Crippen molar-refractivity contribution in [1.29, 1.82) is 0 Å². The average Bonchev–Trinajstić information content (AvgIpc) is 3.31. The second-order valence-corrected chi connectivity index (χ2v) is 11.1. The van der Waals surface area contributed by atoms with Crippen molar-refractivity contribution >= 4 is 55.4 Å². The van der Waals surface area contributed by atoms with Gasteiger partial charge < -0.3 is 15.0 Å². The van der Waals surface area contributed by atoms with Crippen molar-refractivity contribution in [1.82, 2.24) is 24.6 Å². The van der Waals surface area contributed by atoms with Crippen LogP contribution >= 0.6 is 38.6 Å². The molecule has 1 saturated carbocycles. The molecule has 0 saturated heterocycles. The van der Waals surface area contributed by atoms with Crippen LogP contribution in [0.15, 0.2) is 39.8 Å². The largest absolute Gasteiger partial charge is 0.497 e. The Hall–Kier alpha value is -2.76. The molecule has 0 bridgehead atoms. The van der Waals surface area contributed by atoms with E-state index in [9.17, 15) is 9.59 Å². The molecule has 4 aromatic rings. The number of hydrogen-bond acceptors (Lipinski definition) is 7. The first-order chi connectivity index (χ1) is 16.5. The Morgan fingerprint density at radius 3 is 2.91 bits per heavy atom. The summed E-state index contributed by atoms with van der Waals surface area (Å²) < 4.78 is 7.79. The van der Waals surface area contributed by atoms with Gasteiger partial charge in [-0.2, -0.15) is 0 Å². The molecular weight excluding hydrogens is 538 g/mol. The molecule has 0 atom stereocenters. The lowest BCUT2D eigenvalue weighted by molar-refractivity contribution is 0.0731. The van der Waals surface area contributed by atoms with Crippen LogP contribution < -0.4 is 10.1 Å². The zero-order valence-electron chi connectivity index (χ0n) is 18.6. The molecule has 1 fully saturated rings. The highest BCUT2D eigenvalue weighted by molar-refractivity contribution is 9.11. The van der Waals surface area contributed by atoms with Crippen molar-refractivity contribution in [3.05, 3.63) is 56.8 Å². The molecule has 0 unspecified atom stereocenters. The predicted molar refractivity (Wildman–Crippen MR) is 136 cm³/mol. The number of thiazole rings is 2. The molecule has 8 nitrogen and oxygen atoms in total. The van der Waals surface area contributed by atoms with E-state index in [1.165, 1.54) is 22.7 Å². The Balaban J connectivity index is 1.32. The summed E-state index contributed by atoms with van der Waals surface area (Å²) in [6.45, 7) is 2.58. The average molecular weight is 560 g/mol. The van der Waals surface area contributed by atoms with E-state index in [2.05, 4.69) is 31.2 Å². The lowest BCUT2D eigenvalue weighted by atomic mass is 10.1. The lowest BCUT2D eigenvalue weighted by Gasteiger charge is -2.22. The monoisotopic (exact) mass is 559 g/mol. The van der Waals surface area contributed by atoms with Crippen LogP contribution in [0.3, 0.4) is 0 Å². The summed E-state index contributed by atoms with van der Waals surface area (Å²) in [6, 6.07) is 7.78. The number of ether oxygens (including phenoxy) is 1. The third-order valence-electron chi connectivity index (χ3n) is 5.67. The number of carbonyl (C=O) groups is 2. The van der Waals surface area contributed by atoms with Crippen molar-refractivity contribution in [2.75, 3.05) is 20.2 Å². The van der Waals surface area contributed by atoms with Crippen LogP contribution in [0.1, 0.15) is 39.5 Å². The van der Waals surface area contributed by atoms with Gasteiger partial charge in [0.1, 0.15) is 17.1 Å². The van der Waals surface area contributed by atoms with E-state index < -0.39 is 0 Å². The molecule has 3 aromatic heterocycles. The van der Waals surface area contributed by atoms with Gasteiger partial charge >= 0.3 is 0 Å². The van der Waals surface area contributed by atoms with Crippen molar-refractivity contribution < 1.29 is 14.3 Å². The number of hydrogen-bond donors (Lipinski definition) is 1. The molecule has 1 aliphatic carbocycles. The van der Waals surface area contributed by atoms with Gasteiger partial charge in [-0.15, -0.1) is 22.7 Å². The van der Waals surface area contributed by atoms with Crippen LogP contribution in [-0.2, 0) is 0 Å². The molecule has 1 N–H and O–H groups in total. The summed E-state index contributed by atoms with van der Waals surface area (Å²) in [7, 11) is 1.62. The Labute approximate surface area is 212 Å². The topological polar surface area (TPSA) is 88.8 Å². The van der Waals surface area contributed by atoms with Gasteiger partial charge in [0.25, 0.3) is 11.8 Å². The number of amides is 2. The maximum absolute atomic E-state index is 13.6. The Morgan fingerprint density at radius 2 is 2.15 bits per heavy atom. The highest BCUT2D eigenvalue weighted by atomic mass is 79.9. The van der Waals surface area contributed by atoms with Crippen LogP contribution in [0.2, 0.25) is 0 Å². The lowest BCUT2D eigenvalue weighted by Crippen LogP contribution is -2.40. The Bertz CT molecular complexity index is 1370. The number of aryl methyl sites for hydroxylation is 1. The fourth-order valence-electron chi connectivity index (χ4n) is 3.91. The number of imidazole rings is 1. The second kappa shape index (κ2) is 9.47. The van der Waals surface area contributed by atoms with Gasteiger partial charge in [-0.1, -0.05) is 12.1 Å². The van der Waals surface area contributed by atoms with Crippen LogP contribution in [-0.4, -0.2) is 57.3 Å². The second-order valence-electron chi connectivity index (χ2n) is 7.96. The van der Waals surface area contributed by atoms with E-state index in [1.807, 2.05) is 47.7 Å². The highest BCUT2D eigenvalue weighted by Crippen LogP contribution is 2.37. The molecule has 3 heterocycles. The minimum absolute atomic E-state index is 0.128. The van der Waals surface area contributed by atoms with Gasteiger partial charge in [0.2, 0.25) is 0 Å². The number of benzene rings is 1. The Kier molecular flexibility index (Phi) is 6.41. The van der Waals surface area contributed by atoms with Gasteiger partial charge in [0.15, 0.2) is 8.88 Å². The summed E-state index contributed by atoms with van der Waals surface area (Å²) in [5, 5.41) is 4.86. The molecule has 176 valence electrons. The third-order valence-corrected chi connectivity index (χ3v) is 7.99. The number of nitrogens with zero attached hydrogens (tertiary/aromatic N) is 4. The zero-order chi connectivity index (χ0) is 23.8. The Morgan fingerprint density at radius 1 is 1.32 bits per heavy atom. The smallest absolute Gasteiger partial charge is 0.274 e. The van der Waals surface area contributed by atoms with Crippen LogP contribution in [0.5, 0.6) is 5.75 Å². The van der Waals surface area contributed by atoms with Crippen LogP contribution in [0.25, 0.3) is 15.4 Å². The molecule has 0 radical (unpaired) electrons. The molecule has 1 aliphatic rings.